The number of benzene rings is 1. The number of amides is 1. The van der Waals surface area contributed by atoms with Gasteiger partial charge in [-0.05, 0) is 25.1 Å². The lowest BCUT2D eigenvalue weighted by atomic mass is 10.1. The minimum Gasteiger partial charge on any atom is -0.478 e. The van der Waals surface area contributed by atoms with Crippen LogP contribution in [-0.4, -0.2) is 36.1 Å². The van der Waals surface area contributed by atoms with E-state index in [9.17, 15) is 14.7 Å². The molecule has 1 atom stereocenters. The van der Waals surface area contributed by atoms with Crippen molar-refractivity contribution >= 4 is 33.5 Å². The second-order valence-corrected chi connectivity index (χ2v) is 5.04. The van der Waals surface area contributed by atoms with Crippen molar-refractivity contribution in [2.45, 2.75) is 13.0 Å². The number of carboxylic acids is 1. The molecule has 1 aliphatic heterocycles. The van der Waals surface area contributed by atoms with Crippen LogP contribution < -0.4 is 10.2 Å². The van der Waals surface area contributed by atoms with Crippen molar-refractivity contribution in [1.82, 2.24) is 5.32 Å². The van der Waals surface area contributed by atoms with Crippen molar-refractivity contribution < 1.29 is 14.7 Å². The van der Waals surface area contributed by atoms with Crippen LogP contribution in [0.5, 0.6) is 0 Å². The second-order valence-electron chi connectivity index (χ2n) is 4.13. The number of nitrogens with zero attached hydrogens (tertiary/aromatic N) is 1. The number of aromatic carboxylic acids is 1. The molecular weight excluding hydrogens is 300 g/mol. The van der Waals surface area contributed by atoms with Gasteiger partial charge in [-0.3, -0.25) is 4.79 Å². The van der Waals surface area contributed by atoms with Crippen LogP contribution >= 0.6 is 15.9 Å². The lowest BCUT2D eigenvalue weighted by Gasteiger charge is -2.35. The maximum atomic E-state index is 11.6. The van der Waals surface area contributed by atoms with Crippen LogP contribution in [0.15, 0.2) is 22.7 Å². The first-order valence-corrected chi connectivity index (χ1v) is 6.37. The van der Waals surface area contributed by atoms with Gasteiger partial charge in [0.05, 0.1) is 11.3 Å². The Morgan fingerprint density at radius 3 is 2.94 bits per heavy atom. The molecule has 1 unspecified atom stereocenters. The van der Waals surface area contributed by atoms with Gasteiger partial charge in [0.15, 0.2) is 0 Å². The number of hydrogen-bond acceptors (Lipinski definition) is 3. The van der Waals surface area contributed by atoms with E-state index in [2.05, 4.69) is 21.2 Å². The van der Waals surface area contributed by atoms with Crippen molar-refractivity contribution in [2.75, 3.05) is 18.0 Å². The van der Waals surface area contributed by atoms with Crippen molar-refractivity contribution in [3.05, 3.63) is 28.2 Å². The summed E-state index contributed by atoms with van der Waals surface area (Å²) in [6.45, 7) is 2.90. The summed E-state index contributed by atoms with van der Waals surface area (Å²) in [5.41, 5.74) is 0.777. The molecule has 5 nitrogen and oxygen atoms in total. The Morgan fingerprint density at radius 2 is 2.28 bits per heavy atom. The smallest absolute Gasteiger partial charge is 0.337 e. The normalized spacial score (nSPS) is 19.6. The van der Waals surface area contributed by atoms with Crippen LogP contribution in [0.4, 0.5) is 5.69 Å². The average Bonchev–Trinajstić information content (AvgIpc) is 2.33. The maximum Gasteiger partial charge on any atom is 0.337 e. The minimum absolute atomic E-state index is 0.0829. The van der Waals surface area contributed by atoms with E-state index >= 15 is 0 Å². The Kier molecular flexibility index (Phi) is 3.56. The van der Waals surface area contributed by atoms with Gasteiger partial charge in [0.25, 0.3) is 0 Å². The van der Waals surface area contributed by atoms with Gasteiger partial charge < -0.3 is 15.3 Å². The second kappa shape index (κ2) is 4.97. The van der Waals surface area contributed by atoms with E-state index in [-0.39, 0.29) is 17.5 Å². The topological polar surface area (TPSA) is 69.6 Å². The molecular formula is C12H13BrN2O3. The number of hydrogen-bond donors (Lipinski definition) is 2. The molecule has 0 aliphatic carbocycles. The Balaban J connectivity index is 2.43. The molecule has 1 aromatic rings. The van der Waals surface area contributed by atoms with Crippen molar-refractivity contribution in [3.63, 3.8) is 0 Å². The molecule has 2 rings (SSSR count). The number of nitrogens with one attached hydrogen (secondary N) is 1. The molecule has 1 aromatic carbocycles. The van der Waals surface area contributed by atoms with E-state index in [1.54, 1.807) is 25.1 Å². The van der Waals surface area contributed by atoms with Crippen LogP contribution in [0.2, 0.25) is 0 Å². The van der Waals surface area contributed by atoms with Gasteiger partial charge in [0.1, 0.15) is 6.04 Å². The third-order valence-electron chi connectivity index (χ3n) is 3.00. The highest BCUT2D eigenvalue weighted by Gasteiger charge is 2.28. The molecule has 0 saturated carbocycles. The minimum atomic E-state index is -0.996. The van der Waals surface area contributed by atoms with Gasteiger partial charge in [-0.15, -0.1) is 0 Å². The van der Waals surface area contributed by atoms with Crippen LogP contribution in [0.3, 0.4) is 0 Å². The highest BCUT2D eigenvalue weighted by Crippen LogP contribution is 2.27. The Hall–Kier alpha value is -1.56. The Morgan fingerprint density at radius 1 is 1.56 bits per heavy atom. The van der Waals surface area contributed by atoms with Crippen molar-refractivity contribution in [1.29, 1.82) is 0 Å². The van der Waals surface area contributed by atoms with Crippen LogP contribution in [-0.2, 0) is 4.79 Å². The molecule has 1 fully saturated rings. The predicted octanol–water partition coefficient (Wildman–Crippen LogP) is 1.47. The summed E-state index contributed by atoms with van der Waals surface area (Å²) in [7, 11) is 0. The SMILES string of the molecule is CC1C(=O)NCCN1c1ccc(Br)cc1C(=O)O. The predicted molar refractivity (Wildman–Crippen MR) is 70.9 cm³/mol. The molecule has 18 heavy (non-hydrogen) atoms. The van der Waals surface area contributed by atoms with Gasteiger partial charge >= 0.3 is 5.97 Å². The van der Waals surface area contributed by atoms with Gasteiger partial charge in [-0.25, -0.2) is 4.79 Å². The summed E-state index contributed by atoms with van der Waals surface area (Å²) in [6, 6.07) is 4.69. The van der Waals surface area contributed by atoms with Crippen LogP contribution in [0.1, 0.15) is 17.3 Å². The summed E-state index contributed by atoms with van der Waals surface area (Å²) >= 11 is 3.25. The van der Waals surface area contributed by atoms with Gasteiger partial charge in [-0.2, -0.15) is 0 Å². The number of carbonyl (C=O) groups excluding carboxylic acids is 1. The zero-order valence-electron chi connectivity index (χ0n) is 9.81. The van der Waals surface area contributed by atoms with E-state index in [4.69, 9.17) is 0 Å². The molecule has 0 spiro atoms. The van der Waals surface area contributed by atoms with E-state index < -0.39 is 5.97 Å². The van der Waals surface area contributed by atoms with E-state index in [0.29, 0.717) is 23.2 Å². The highest BCUT2D eigenvalue weighted by atomic mass is 79.9. The van der Waals surface area contributed by atoms with E-state index in [1.807, 2.05) is 4.90 Å². The van der Waals surface area contributed by atoms with Crippen LogP contribution in [0.25, 0.3) is 0 Å². The summed E-state index contributed by atoms with van der Waals surface area (Å²) in [4.78, 5) is 24.7. The number of carboxylic acid groups (broad SMARTS) is 1. The summed E-state index contributed by atoms with van der Waals surface area (Å²) in [5.74, 6) is -1.08. The quantitative estimate of drug-likeness (QED) is 0.867. The molecule has 1 heterocycles. The molecule has 1 amide bonds. The maximum absolute atomic E-state index is 11.6. The van der Waals surface area contributed by atoms with Gasteiger partial charge in [0.2, 0.25) is 5.91 Å². The molecule has 0 bridgehead atoms. The number of halogens is 1. The number of anilines is 1. The van der Waals surface area contributed by atoms with Crippen LogP contribution in [0, 0.1) is 0 Å². The fourth-order valence-corrected chi connectivity index (χ4v) is 2.40. The largest absolute Gasteiger partial charge is 0.478 e. The van der Waals surface area contributed by atoms with Crippen molar-refractivity contribution in [3.8, 4) is 0 Å². The first-order chi connectivity index (χ1) is 8.50. The fraction of sp³-hybridized carbons (Fsp3) is 0.333. The molecule has 96 valence electrons. The number of carbonyl (C=O) groups is 2. The zero-order chi connectivity index (χ0) is 13.3. The summed E-state index contributed by atoms with van der Waals surface area (Å²) in [5, 5.41) is 12.0. The average molecular weight is 313 g/mol. The Bertz CT molecular complexity index is 504. The first-order valence-electron chi connectivity index (χ1n) is 5.58. The highest BCUT2D eigenvalue weighted by molar-refractivity contribution is 9.10. The Labute approximate surface area is 113 Å². The molecule has 6 heteroatoms. The van der Waals surface area contributed by atoms with E-state index in [1.165, 1.54) is 0 Å². The standard InChI is InChI=1S/C12H13BrN2O3/c1-7-11(16)14-4-5-15(7)10-3-2-8(13)6-9(10)12(17)18/h2-3,6-7H,4-5H2,1H3,(H,14,16)(H,17,18). The first kappa shape index (κ1) is 12.9. The van der Waals surface area contributed by atoms with E-state index in [0.717, 1.165) is 0 Å². The van der Waals surface area contributed by atoms with Crippen molar-refractivity contribution in [2.24, 2.45) is 0 Å². The molecule has 1 saturated heterocycles. The molecule has 2 N–H and O–H groups in total. The third kappa shape index (κ3) is 2.33. The zero-order valence-corrected chi connectivity index (χ0v) is 11.4. The fourth-order valence-electron chi connectivity index (χ4n) is 2.04. The summed E-state index contributed by atoms with van der Waals surface area (Å²) in [6.07, 6.45) is 0. The van der Waals surface area contributed by atoms with Gasteiger partial charge in [0, 0.05) is 17.6 Å². The molecule has 0 aromatic heterocycles. The van der Waals surface area contributed by atoms with Gasteiger partial charge in [-0.1, -0.05) is 15.9 Å². The number of rotatable bonds is 2. The molecule has 1 aliphatic rings. The number of piperazine rings is 1. The lowest BCUT2D eigenvalue weighted by Crippen LogP contribution is -2.54. The lowest BCUT2D eigenvalue weighted by molar-refractivity contribution is -0.122. The summed E-state index contributed by atoms with van der Waals surface area (Å²) < 4.78 is 0.706. The molecule has 0 radical (unpaired) electrons. The third-order valence-corrected chi connectivity index (χ3v) is 3.49. The monoisotopic (exact) mass is 312 g/mol.